The SMILES string of the molecule is CC(C)Oc1ccc(C(=O)N[C@H](C)Cc2ccoc2)cc1. The molecule has 0 saturated heterocycles. The van der Waals surface area contributed by atoms with Crippen LogP contribution in [0.2, 0.25) is 0 Å². The Balaban J connectivity index is 1.90. The van der Waals surface area contributed by atoms with Crippen LogP contribution in [-0.2, 0) is 6.42 Å². The van der Waals surface area contributed by atoms with Crippen molar-refractivity contribution in [2.75, 3.05) is 0 Å². The average Bonchev–Trinajstić information content (AvgIpc) is 2.91. The zero-order valence-corrected chi connectivity index (χ0v) is 12.6. The van der Waals surface area contributed by atoms with Gasteiger partial charge in [0.1, 0.15) is 5.75 Å². The fourth-order valence-electron chi connectivity index (χ4n) is 2.08. The van der Waals surface area contributed by atoms with Crippen LogP contribution in [0, 0.1) is 0 Å². The van der Waals surface area contributed by atoms with E-state index in [0.717, 1.165) is 17.7 Å². The van der Waals surface area contributed by atoms with Crippen LogP contribution in [0.1, 0.15) is 36.7 Å². The number of carbonyl (C=O) groups is 1. The molecule has 0 spiro atoms. The number of benzene rings is 1. The van der Waals surface area contributed by atoms with Crippen molar-refractivity contribution in [3.63, 3.8) is 0 Å². The zero-order chi connectivity index (χ0) is 15.2. The highest BCUT2D eigenvalue weighted by atomic mass is 16.5. The Morgan fingerprint density at radius 1 is 1.19 bits per heavy atom. The third-order valence-electron chi connectivity index (χ3n) is 2.99. The maximum Gasteiger partial charge on any atom is 0.251 e. The Morgan fingerprint density at radius 3 is 2.48 bits per heavy atom. The van der Waals surface area contributed by atoms with Gasteiger partial charge < -0.3 is 14.5 Å². The predicted octanol–water partition coefficient (Wildman–Crippen LogP) is 3.43. The molecule has 0 radical (unpaired) electrons. The van der Waals surface area contributed by atoms with Gasteiger partial charge in [0.2, 0.25) is 0 Å². The lowest BCUT2D eigenvalue weighted by molar-refractivity contribution is 0.0940. The van der Waals surface area contributed by atoms with E-state index >= 15 is 0 Å². The molecule has 4 heteroatoms. The third-order valence-corrected chi connectivity index (χ3v) is 2.99. The molecule has 1 aromatic heterocycles. The van der Waals surface area contributed by atoms with Crippen molar-refractivity contribution in [2.45, 2.75) is 39.3 Å². The van der Waals surface area contributed by atoms with Crippen LogP contribution in [0.4, 0.5) is 0 Å². The van der Waals surface area contributed by atoms with Crippen molar-refractivity contribution in [3.05, 3.63) is 54.0 Å². The van der Waals surface area contributed by atoms with Gasteiger partial charge in [0, 0.05) is 11.6 Å². The first kappa shape index (κ1) is 15.2. The van der Waals surface area contributed by atoms with Crippen LogP contribution >= 0.6 is 0 Å². The number of furan rings is 1. The zero-order valence-electron chi connectivity index (χ0n) is 12.6. The molecule has 1 atom stereocenters. The number of amides is 1. The smallest absolute Gasteiger partial charge is 0.251 e. The summed E-state index contributed by atoms with van der Waals surface area (Å²) < 4.78 is 10.6. The van der Waals surface area contributed by atoms with E-state index in [1.165, 1.54) is 0 Å². The molecule has 112 valence electrons. The second-order valence-electron chi connectivity index (χ2n) is 5.40. The molecule has 1 heterocycles. The Labute approximate surface area is 125 Å². The fraction of sp³-hybridized carbons (Fsp3) is 0.353. The molecule has 4 nitrogen and oxygen atoms in total. The lowest BCUT2D eigenvalue weighted by atomic mass is 10.1. The van der Waals surface area contributed by atoms with Crippen LogP contribution in [0.3, 0.4) is 0 Å². The number of carbonyl (C=O) groups excluding carboxylic acids is 1. The van der Waals surface area contributed by atoms with E-state index in [1.807, 2.05) is 39.0 Å². The second-order valence-corrected chi connectivity index (χ2v) is 5.40. The van der Waals surface area contributed by atoms with Crippen molar-refractivity contribution >= 4 is 5.91 Å². The van der Waals surface area contributed by atoms with E-state index in [0.29, 0.717) is 5.56 Å². The highest BCUT2D eigenvalue weighted by molar-refractivity contribution is 5.94. The molecule has 1 N–H and O–H groups in total. The molecule has 0 aliphatic carbocycles. The monoisotopic (exact) mass is 287 g/mol. The van der Waals surface area contributed by atoms with Crippen molar-refractivity contribution in [1.82, 2.24) is 5.32 Å². The Kier molecular flexibility index (Phi) is 5.04. The van der Waals surface area contributed by atoms with Gasteiger partial charge in [0.15, 0.2) is 0 Å². The highest BCUT2D eigenvalue weighted by Gasteiger charge is 2.11. The van der Waals surface area contributed by atoms with Gasteiger partial charge in [-0.3, -0.25) is 4.79 Å². The molecule has 2 aromatic rings. The number of rotatable bonds is 6. The topological polar surface area (TPSA) is 51.5 Å². The van der Waals surface area contributed by atoms with Gasteiger partial charge in [0.05, 0.1) is 18.6 Å². The molecule has 0 unspecified atom stereocenters. The standard InChI is InChI=1S/C17H21NO3/c1-12(2)21-16-6-4-15(5-7-16)17(19)18-13(3)10-14-8-9-20-11-14/h4-9,11-13H,10H2,1-3H3,(H,18,19)/t13-/m1/s1. The first-order chi connectivity index (χ1) is 10.0. The molecule has 0 bridgehead atoms. The number of hydrogen-bond donors (Lipinski definition) is 1. The summed E-state index contributed by atoms with van der Waals surface area (Å²) in [7, 11) is 0. The lowest BCUT2D eigenvalue weighted by Gasteiger charge is -2.14. The van der Waals surface area contributed by atoms with E-state index in [9.17, 15) is 4.79 Å². The van der Waals surface area contributed by atoms with E-state index in [4.69, 9.17) is 9.15 Å². The summed E-state index contributed by atoms with van der Waals surface area (Å²) in [6, 6.07) is 9.13. The molecule has 1 aromatic carbocycles. The van der Waals surface area contributed by atoms with Crippen LogP contribution < -0.4 is 10.1 Å². The molecule has 0 fully saturated rings. The Morgan fingerprint density at radius 2 is 1.90 bits per heavy atom. The van der Waals surface area contributed by atoms with Crippen molar-refractivity contribution < 1.29 is 13.9 Å². The molecule has 21 heavy (non-hydrogen) atoms. The quantitative estimate of drug-likeness (QED) is 0.885. The van der Waals surface area contributed by atoms with Crippen LogP contribution in [0.15, 0.2) is 47.3 Å². The van der Waals surface area contributed by atoms with Crippen molar-refractivity contribution in [2.24, 2.45) is 0 Å². The summed E-state index contributed by atoms with van der Waals surface area (Å²) in [6.07, 6.45) is 4.20. The predicted molar refractivity (Wildman–Crippen MR) is 81.5 cm³/mol. The Hall–Kier alpha value is -2.23. The molecule has 0 aliphatic rings. The molecule has 0 aliphatic heterocycles. The van der Waals surface area contributed by atoms with E-state index in [-0.39, 0.29) is 18.1 Å². The largest absolute Gasteiger partial charge is 0.491 e. The van der Waals surface area contributed by atoms with E-state index in [1.54, 1.807) is 24.7 Å². The van der Waals surface area contributed by atoms with Gasteiger partial charge in [-0.25, -0.2) is 0 Å². The second kappa shape index (κ2) is 6.97. The van der Waals surface area contributed by atoms with Crippen molar-refractivity contribution in [1.29, 1.82) is 0 Å². The summed E-state index contributed by atoms with van der Waals surface area (Å²) in [5, 5.41) is 2.97. The van der Waals surface area contributed by atoms with Gasteiger partial charge in [-0.1, -0.05) is 0 Å². The van der Waals surface area contributed by atoms with Gasteiger partial charge in [-0.05, 0) is 63.1 Å². The first-order valence-corrected chi connectivity index (χ1v) is 7.13. The minimum Gasteiger partial charge on any atom is -0.491 e. The first-order valence-electron chi connectivity index (χ1n) is 7.13. The fourth-order valence-corrected chi connectivity index (χ4v) is 2.08. The third kappa shape index (κ3) is 4.67. The van der Waals surface area contributed by atoms with Crippen LogP contribution in [0.5, 0.6) is 5.75 Å². The summed E-state index contributed by atoms with van der Waals surface area (Å²) >= 11 is 0. The molecule has 2 rings (SSSR count). The lowest BCUT2D eigenvalue weighted by Crippen LogP contribution is -2.33. The number of hydrogen-bond acceptors (Lipinski definition) is 3. The Bertz CT molecular complexity index is 558. The minimum absolute atomic E-state index is 0.0432. The van der Waals surface area contributed by atoms with Gasteiger partial charge in [-0.2, -0.15) is 0 Å². The summed E-state index contributed by atoms with van der Waals surface area (Å²) in [5.41, 5.74) is 1.70. The summed E-state index contributed by atoms with van der Waals surface area (Å²) in [4.78, 5) is 12.1. The minimum atomic E-state index is -0.0814. The van der Waals surface area contributed by atoms with E-state index in [2.05, 4.69) is 5.32 Å². The van der Waals surface area contributed by atoms with Gasteiger partial charge >= 0.3 is 0 Å². The number of ether oxygens (including phenoxy) is 1. The average molecular weight is 287 g/mol. The highest BCUT2D eigenvalue weighted by Crippen LogP contribution is 2.14. The molecular weight excluding hydrogens is 266 g/mol. The normalized spacial score (nSPS) is 12.2. The maximum absolute atomic E-state index is 12.1. The molecular formula is C17H21NO3. The van der Waals surface area contributed by atoms with Crippen molar-refractivity contribution in [3.8, 4) is 5.75 Å². The van der Waals surface area contributed by atoms with Crippen LogP contribution in [-0.4, -0.2) is 18.1 Å². The summed E-state index contributed by atoms with van der Waals surface area (Å²) in [6.45, 7) is 5.91. The van der Waals surface area contributed by atoms with Crippen LogP contribution in [0.25, 0.3) is 0 Å². The molecule has 0 saturated carbocycles. The van der Waals surface area contributed by atoms with Gasteiger partial charge in [-0.15, -0.1) is 0 Å². The van der Waals surface area contributed by atoms with Gasteiger partial charge in [0.25, 0.3) is 5.91 Å². The van der Waals surface area contributed by atoms with E-state index < -0.39 is 0 Å². The maximum atomic E-state index is 12.1. The molecule has 1 amide bonds. The summed E-state index contributed by atoms with van der Waals surface area (Å²) in [5.74, 6) is 0.690. The number of nitrogens with one attached hydrogen (secondary N) is 1.